The van der Waals surface area contributed by atoms with Crippen molar-refractivity contribution < 1.29 is 4.79 Å². The van der Waals surface area contributed by atoms with Crippen LogP contribution in [-0.4, -0.2) is 52.1 Å². The fourth-order valence-electron chi connectivity index (χ4n) is 3.62. The molecule has 2 aliphatic rings. The van der Waals surface area contributed by atoms with Gasteiger partial charge in [0.15, 0.2) is 0 Å². The van der Waals surface area contributed by atoms with Gasteiger partial charge >= 0.3 is 0 Å². The van der Waals surface area contributed by atoms with Crippen molar-refractivity contribution in [1.82, 2.24) is 19.6 Å². The van der Waals surface area contributed by atoms with Gasteiger partial charge in [0, 0.05) is 44.3 Å². The van der Waals surface area contributed by atoms with Crippen LogP contribution in [0.1, 0.15) is 11.3 Å². The number of carbonyl (C=O) groups excluding carboxylic acids is 1. The van der Waals surface area contributed by atoms with E-state index in [4.69, 9.17) is 0 Å². The summed E-state index contributed by atoms with van der Waals surface area (Å²) in [7, 11) is 0. The number of carbonyl (C=O) groups is 1. The standard InChI is InChI=1S/C17H22N4OS/c1-12-2-3-16-19-15(9-20(16)6-12)10-23-11-17(22)21-7-13-4-18-5-14(13)8-21/h2-3,6,9,13-14,18H,4-5,7-8,10-11H2,1H3/t13-,14+. The topological polar surface area (TPSA) is 49.6 Å². The van der Waals surface area contributed by atoms with Crippen LogP contribution in [0, 0.1) is 18.8 Å². The number of nitrogens with one attached hydrogen (secondary N) is 1. The van der Waals surface area contributed by atoms with Gasteiger partial charge in [-0.2, -0.15) is 0 Å². The summed E-state index contributed by atoms with van der Waals surface area (Å²) >= 11 is 1.67. The Balaban J connectivity index is 1.30. The number of nitrogens with zero attached hydrogens (tertiary/aromatic N) is 3. The number of thioether (sulfide) groups is 1. The summed E-state index contributed by atoms with van der Waals surface area (Å²) in [5.41, 5.74) is 3.23. The van der Waals surface area contributed by atoms with Gasteiger partial charge in [0.25, 0.3) is 0 Å². The Bertz CT molecular complexity index is 716. The molecule has 0 aliphatic carbocycles. The van der Waals surface area contributed by atoms with Crippen LogP contribution >= 0.6 is 11.8 Å². The number of rotatable bonds is 4. The van der Waals surface area contributed by atoms with E-state index >= 15 is 0 Å². The van der Waals surface area contributed by atoms with E-state index in [0.717, 1.165) is 43.3 Å². The molecular weight excluding hydrogens is 308 g/mol. The number of fused-ring (bicyclic) bond motifs is 2. The number of aryl methyl sites for hydroxylation is 1. The lowest BCUT2D eigenvalue weighted by Crippen LogP contribution is -2.33. The van der Waals surface area contributed by atoms with Crippen molar-refractivity contribution in [1.29, 1.82) is 0 Å². The van der Waals surface area contributed by atoms with Gasteiger partial charge in [0.2, 0.25) is 5.91 Å². The van der Waals surface area contributed by atoms with Gasteiger partial charge < -0.3 is 14.6 Å². The zero-order chi connectivity index (χ0) is 15.8. The zero-order valence-corrected chi connectivity index (χ0v) is 14.2. The molecule has 2 saturated heterocycles. The van der Waals surface area contributed by atoms with Crippen molar-refractivity contribution in [2.75, 3.05) is 31.9 Å². The average molecular weight is 330 g/mol. The van der Waals surface area contributed by atoms with Crippen molar-refractivity contribution in [3.8, 4) is 0 Å². The second-order valence-corrected chi connectivity index (χ2v) is 7.66. The molecule has 4 rings (SSSR count). The van der Waals surface area contributed by atoms with Gasteiger partial charge in [-0.3, -0.25) is 4.79 Å². The lowest BCUT2D eigenvalue weighted by Gasteiger charge is -2.17. The normalized spacial score (nSPS) is 23.6. The molecule has 0 radical (unpaired) electrons. The summed E-state index contributed by atoms with van der Waals surface area (Å²) < 4.78 is 2.06. The van der Waals surface area contributed by atoms with Gasteiger partial charge in [-0.25, -0.2) is 4.98 Å². The smallest absolute Gasteiger partial charge is 0.232 e. The Morgan fingerprint density at radius 3 is 2.87 bits per heavy atom. The number of hydrogen-bond acceptors (Lipinski definition) is 4. The first-order valence-corrected chi connectivity index (χ1v) is 9.35. The van der Waals surface area contributed by atoms with Crippen LogP contribution in [0.4, 0.5) is 0 Å². The number of imidazole rings is 1. The van der Waals surface area contributed by atoms with Gasteiger partial charge in [0.05, 0.1) is 11.4 Å². The SMILES string of the molecule is Cc1ccc2nc(CSCC(=O)N3C[C@H]4CNC[C@H]4C3)cn2c1. The van der Waals surface area contributed by atoms with E-state index in [2.05, 4.69) is 45.0 Å². The van der Waals surface area contributed by atoms with Crippen molar-refractivity contribution in [3.63, 3.8) is 0 Å². The zero-order valence-electron chi connectivity index (χ0n) is 13.4. The van der Waals surface area contributed by atoms with Crippen molar-refractivity contribution >= 4 is 23.3 Å². The first-order chi connectivity index (χ1) is 11.2. The Hall–Kier alpha value is -1.53. The second-order valence-electron chi connectivity index (χ2n) is 6.67. The maximum atomic E-state index is 12.3. The molecule has 0 spiro atoms. The number of likely N-dealkylation sites (tertiary alicyclic amines) is 1. The maximum absolute atomic E-state index is 12.3. The number of amides is 1. The Labute approximate surface area is 140 Å². The molecule has 0 aromatic carbocycles. The van der Waals surface area contributed by atoms with E-state index in [0.29, 0.717) is 17.6 Å². The first-order valence-electron chi connectivity index (χ1n) is 8.19. The van der Waals surface area contributed by atoms with Gasteiger partial charge in [-0.15, -0.1) is 11.8 Å². The second kappa shape index (κ2) is 6.17. The maximum Gasteiger partial charge on any atom is 0.232 e. The quantitative estimate of drug-likeness (QED) is 0.924. The van der Waals surface area contributed by atoms with Gasteiger partial charge in [-0.1, -0.05) is 6.07 Å². The molecule has 1 amide bonds. The molecule has 1 N–H and O–H groups in total. The fourth-order valence-corrected chi connectivity index (χ4v) is 4.43. The Morgan fingerprint density at radius 1 is 1.30 bits per heavy atom. The Kier molecular flexibility index (Phi) is 4.03. The van der Waals surface area contributed by atoms with E-state index < -0.39 is 0 Å². The summed E-state index contributed by atoms with van der Waals surface area (Å²) in [5, 5.41) is 3.41. The minimum atomic E-state index is 0.281. The minimum Gasteiger partial charge on any atom is -0.341 e. The van der Waals surface area contributed by atoms with E-state index in [-0.39, 0.29) is 5.91 Å². The molecule has 2 atom stereocenters. The molecule has 4 heterocycles. The molecule has 2 aromatic heterocycles. The fraction of sp³-hybridized carbons (Fsp3) is 0.529. The van der Waals surface area contributed by atoms with E-state index in [1.165, 1.54) is 5.56 Å². The predicted molar refractivity (Wildman–Crippen MR) is 92.5 cm³/mol. The van der Waals surface area contributed by atoms with Crippen LogP contribution in [0.2, 0.25) is 0 Å². The van der Waals surface area contributed by atoms with Gasteiger partial charge in [0.1, 0.15) is 5.65 Å². The van der Waals surface area contributed by atoms with Crippen LogP contribution in [0.25, 0.3) is 5.65 Å². The first kappa shape index (κ1) is 15.0. The molecule has 0 bridgehead atoms. The largest absolute Gasteiger partial charge is 0.341 e. The van der Waals surface area contributed by atoms with Crippen LogP contribution in [0.5, 0.6) is 0 Å². The summed E-state index contributed by atoms with van der Waals surface area (Å²) in [6.45, 7) is 6.09. The molecule has 2 aliphatic heterocycles. The molecule has 122 valence electrons. The highest BCUT2D eigenvalue weighted by molar-refractivity contribution is 7.99. The molecule has 0 saturated carbocycles. The van der Waals surface area contributed by atoms with Crippen LogP contribution in [0.15, 0.2) is 24.5 Å². The molecule has 6 heteroatoms. The summed E-state index contributed by atoms with van der Waals surface area (Å²) in [4.78, 5) is 19.0. The van der Waals surface area contributed by atoms with E-state index in [1.807, 2.05) is 6.07 Å². The summed E-state index contributed by atoms with van der Waals surface area (Å²) in [6.07, 6.45) is 4.14. The average Bonchev–Trinajstić information content (AvgIpc) is 3.19. The van der Waals surface area contributed by atoms with E-state index in [9.17, 15) is 4.79 Å². The molecule has 23 heavy (non-hydrogen) atoms. The van der Waals surface area contributed by atoms with Crippen LogP contribution < -0.4 is 5.32 Å². The van der Waals surface area contributed by atoms with Crippen LogP contribution in [0.3, 0.4) is 0 Å². The van der Waals surface area contributed by atoms with Crippen LogP contribution in [-0.2, 0) is 10.5 Å². The van der Waals surface area contributed by atoms with Crippen molar-refractivity contribution in [2.24, 2.45) is 11.8 Å². The minimum absolute atomic E-state index is 0.281. The Morgan fingerprint density at radius 2 is 2.09 bits per heavy atom. The van der Waals surface area contributed by atoms with Crippen molar-refractivity contribution in [2.45, 2.75) is 12.7 Å². The molecule has 5 nitrogen and oxygen atoms in total. The number of pyridine rings is 1. The highest BCUT2D eigenvalue weighted by Gasteiger charge is 2.37. The molecule has 0 unspecified atom stereocenters. The van der Waals surface area contributed by atoms with Crippen molar-refractivity contribution in [3.05, 3.63) is 35.8 Å². The predicted octanol–water partition coefficient (Wildman–Crippen LogP) is 1.55. The third kappa shape index (κ3) is 3.10. The highest BCUT2D eigenvalue weighted by atomic mass is 32.2. The molecule has 2 fully saturated rings. The van der Waals surface area contributed by atoms with Gasteiger partial charge in [-0.05, 0) is 30.4 Å². The summed E-state index contributed by atoms with van der Waals surface area (Å²) in [5.74, 6) is 2.97. The summed E-state index contributed by atoms with van der Waals surface area (Å²) in [6, 6.07) is 4.10. The number of hydrogen-bond donors (Lipinski definition) is 1. The third-order valence-electron chi connectivity index (χ3n) is 4.87. The lowest BCUT2D eigenvalue weighted by atomic mass is 10.0. The monoisotopic (exact) mass is 330 g/mol. The molecular formula is C17H22N4OS. The van der Waals surface area contributed by atoms with E-state index in [1.54, 1.807) is 11.8 Å². The number of aromatic nitrogens is 2. The highest BCUT2D eigenvalue weighted by Crippen LogP contribution is 2.27. The third-order valence-corrected chi connectivity index (χ3v) is 5.82. The molecule has 2 aromatic rings. The lowest BCUT2D eigenvalue weighted by molar-refractivity contribution is -0.127.